The number of nitrogens with one attached hydrogen (secondary N) is 3. The smallest absolute Gasteiger partial charge is 0.326 e. The Morgan fingerprint density at radius 1 is 0.897 bits per heavy atom. The van der Waals surface area contributed by atoms with Gasteiger partial charge in [0, 0.05) is 5.75 Å². The lowest BCUT2D eigenvalue weighted by Crippen LogP contribution is -2.60. The number of hydrogen-bond acceptors (Lipinski definition) is 7. The van der Waals surface area contributed by atoms with E-state index in [9.17, 15) is 29.4 Å². The van der Waals surface area contributed by atoms with Gasteiger partial charge in [0.25, 0.3) is 0 Å². The summed E-state index contributed by atoms with van der Waals surface area (Å²) in [5.74, 6) is -3.65. The summed E-state index contributed by atoms with van der Waals surface area (Å²) in [5.41, 5.74) is 5.80. The van der Waals surface area contributed by atoms with Crippen molar-refractivity contribution in [3.05, 3.63) is 0 Å². The van der Waals surface area contributed by atoms with Crippen molar-refractivity contribution < 1.29 is 29.4 Å². The number of amides is 3. The van der Waals surface area contributed by atoms with Gasteiger partial charge < -0.3 is 31.9 Å². The molecule has 0 aromatic rings. The van der Waals surface area contributed by atoms with Crippen LogP contribution in [0.4, 0.5) is 0 Å². The molecule has 29 heavy (non-hydrogen) atoms. The molecular weight excluding hydrogens is 400 g/mol. The molecule has 0 aliphatic carbocycles. The molecule has 0 saturated carbocycles. The predicted molar refractivity (Wildman–Crippen MR) is 111 cm³/mol. The van der Waals surface area contributed by atoms with Crippen molar-refractivity contribution in [1.82, 2.24) is 16.0 Å². The first kappa shape index (κ1) is 27.1. The minimum Gasteiger partial charge on any atom is -0.480 e. The number of hydrogen-bond donors (Lipinski definition) is 7. The Morgan fingerprint density at radius 2 is 1.41 bits per heavy atom. The molecule has 0 bridgehead atoms. The van der Waals surface area contributed by atoms with Crippen LogP contribution in [0.15, 0.2) is 0 Å². The Hall–Kier alpha value is -1.85. The first-order chi connectivity index (χ1) is 13.3. The van der Waals surface area contributed by atoms with Crippen LogP contribution >= 0.6 is 12.6 Å². The van der Waals surface area contributed by atoms with Gasteiger partial charge in [-0.15, -0.1) is 0 Å². The van der Waals surface area contributed by atoms with E-state index < -0.39 is 59.9 Å². The van der Waals surface area contributed by atoms with Crippen LogP contribution in [-0.2, 0) is 19.2 Å². The van der Waals surface area contributed by atoms with E-state index in [0.717, 1.165) is 0 Å². The number of carbonyl (C=O) groups excluding carboxylic acids is 3. The Labute approximate surface area is 176 Å². The molecule has 0 aliphatic rings. The zero-order chi connectivity index (χ0) is 22.9. The van der Waals surface area contributed by atoms with Crippen LogP contribution in [0.2, 0.25) is 0 Å². The Kier molecular flexibility index (Phi) is 11.8. The lowest BCUT2D eigenvalue weighted by atomic mass is 10.0. The number of nitrogens with two attached hydrogens (primary N) is 1. The number of carboxylic acid groups (broad SMARTS) is 1. The van der Waals surface area contributed by atoms with Gasteiger partial charge in [-0.1, -0.05) is 27.7 Å². The molecule has 5 unspecified atom stereocenters. The third-order valence-corrected chi connectivity index (χ3v) is 4.54. The lowest BCUT2D eigenvalue weighted by molar-refractivity contribution is -0.144. The number of carbonyl (C=O) groups is 4. The number of aliphatic carboxylic acids is 1. The van der Waals surface area contributed by atoms with Crippen molar-refractivity contribution in [1.29, 1.82) is 0 Å². The molecule has 0 radical (unpaired) electrons. The largest absolute Gasteiger partial charge is 0.480 e. The topological polar surface area (TPSA) is 171 Å². The highest BCUT2D eigenvalue weighted by molar-refractivity contribution is 7.80. The fourth-order valence-corrected chi connectivity index (χ4v) is 2.76. The van der Waals surface area contributed by atoms with Gasteiger partial charge >= 0.3 is 5.97 Å². The van der Waals surface area contributed by atoms with E-state index in [-0.39, 0.29) is 11.7 Å². The minimum atomic E-state index is -1.41. The summed E-state index contributed by atoms with van der Waals surface area (Å²) < 4.78 is 0. The summed E-state index contributed by atoms with van der Waals surface area (Å²) in [7, 11) is 0. The molecule has 0 fully saturated rings. The van der Waals surface area contributed by atoms with Crippen LogP contribution in [0, 0.1) is 11.8 Å². The molecular formula is C18H34N4O6S. The SMILES string of the molecule is CC(C)CC(N)C(=O)NC(CS)C(=O)NC(C(=O)NC(C(=O)O)C(C)C)C(C)O. The van der Waals surface area contributed by atoms with E-state index in [1.165, 1.54) is 6.92 Å². The van der Waals surface area contributed by atoms with E-state index in [1.54, 1.807) is 13.8 Å². The molecule has 0 rings (SSSR count). The first-order valence-corrected chi connectivity index (χ1v) is 10.1. The van der Waals surface area contributed by atoms with E-state index in [4.69, 9.17) is 5.73 Å². The predicted octanol–water partition coefficient (Wildman–Crippen LogP) is -1.13. The van der Waals surface area contributed by atoms with Gasteiger partial charge in [0.05, 0.1) is 12.1 Å². The van der Waals surface area contributed by atoms with Crippen LogP contribution in [0.5, 0.6) is 0 Å². The van der Waals surface area contributed by atoms with Crippen molar-refractivity contribution in [2.45, 2.75) is 71.3 Å². The summed E-state index contributed by atoms with van der Waals surface area (Å²) in [5, 5.41) is 26.2. The third kappa shape index (κ3) is 9.46. The maximum atomic E-state index is 12.5. The molecule has 0 heterocycles. The van der Waals surface area contributed by atoms with Crippen molar-refractivity contribution in [3.63, 3.8) is 0 Å². The second-order valence-electron chi connectivity index (χ2n) is 7.78. The van der Waals surface area contributed by atoms with Crippen LogP contribution < -0.4 is 21.7 Å². The van der Waals surface area contributed by atoms with Crippen LogP contribution in [-0.4, -0.2) is 69.9 Å². The monoisotopic (exact) mass is 434 g/mol. The molecule has 11 heteroatoms. The van der Waals surface area contributed by atoms with Crippen LogP contribution in [0.1, 0.15) is 41.0 Å². The molecule has 5 atom stereocenters. The maximum Gasteiger partial charge on any atom is 0.326 e. The summed E-state index contributed by atoms with van der Waals surface area (Å²) >= 11 is 4.05. The highest BCUT2D eigenvalue weighted by Gasteiger charge is 2.33. The highest BCUT2D eigenvalue weighted by atomic mass is 32.1. The second-order valence-corrected chi connectivity index (χ2v) is 8.14. The number of aliphatic hydroxyl groups is 1. The van der Waals surface area contributed by atoms with Gasteiger partial charge in [0.15, 0.2) is 0 Å². The van der Waals surface area contributed by atoms with Crippen LogP contribution in [0.25, 0.3) is 0 Å². The first-order valence-electron chi connectivity index (χ1n) is 9.50. The van der Waals surface area contributed by atoms with Crippen molar-refractivity contribution >= 4 is 36.3 Å². The lowest BCUT2D eigenvalue weighted by Gasteiger charge is -2.27. The van der Waals surface area contributed by atoms with Gasteiger partial charge in [-0.3, -0.25) is 14.4 Å². The van der Waals surface area contributed by atoms with Crippen LogP contribution in [0.3, 0.4) is 0 Å². The second kappa shape index (κ2) is 12.7. The van der Waals surface area contributed by atoms with E-state index in [0.29, 0.717) is 6.42 Å². The fraction of sp³-hybridized carbons (Fsp3) is 0.778. The quantitative estimate of drug-likeness (QED) is 0.190. The van der Waals surface area contributed by atoms with Crippen molar-refractivity contribution in [2.75, 3.05) is 5.75 Å². The highest BCUT2D eigenvalue weighted by Crippen LogP contribution is 2.05. The molecule has 10 nitrogen and oxygen atoms in total. The molecule has 0 aliphatic heterocycles. The third-order valence-electron chi connectivity index (χ3n) is 4.17. The summed E-state index contributed by atoms with van der Waals surface area (Å²) in [6.07, 6.45) is -0.878. The standard InChI is InChI=1S/C18H34N4O6S/c1-8(2)6-11(19)15(24)20-12(7-29)16(25)22-14(10(5)23)17(26)21-13(9(3)4)18(27)28/h8-14,23,29H,6-7,19H2,1-5H3,(H,20,24)(H,21,26)(H,22,25)(H,27,28). The van der Waals surface area contributed by atoms with Gasteiger partial charge in [-0.25, -0.2) is 4.79 Å². The van der Waals surface area contributed by atoms with E-state index in [1.807, 2.05) is 13.8 Å². The molecule has 0 saturated heterocycles. The Balaban J connectivity index is 5.16. The molecule has 3 amide bonds. The van der Waals surface area contributed by atoms with Gasteiger partial charge in [-0.2, -0.15) is 12.6 Å². The Bertz CT molecular complexity index is 585. The normalized spacial score (nSPS) is 16.5. The average molecular weight is 435 g/mol. The maximum absolute atomic E-state index is 12.5. The summed E-state index contributed by atoms with van der Waals surface area (Å²) in [6.45, 7) is 8.32. The molecule has 0 spiro atoms. The van der Waals surface area contributed by atoms with E-state index in [2.05, 4.69) is 28.6 Å². The Morgan fingerprint density at radius 3 is 1.79 bits per heavy atom. The van der Waals surface area contributed by atoms with Crippen molar-refractivity contribution in [2.24, 2.45) is 17.6 Å². The zero-order valence-corrected chi connectivity index (χ0v) is 18.4. The number of thiol groups is 1. The molecule has 7 N–H and O–H groups in total. The molecule has 0 aromatic heterocycles. The van der Waals surface area contributed by atoms with Gasteiger partial charge in [0.2, 0.25) is 17.7 Å². The zero-order valence-electron chi connectivity index (χ0n) is 17.5. The molecule has 0 aromatic carbocycles. The summed E-state index contributed by atoms with van der Waals surface area (Å²) in [4.78, 5) is 48.4. The number of aliphatic hydroxyl groups excluding tert-OH is 1. The molecule has 168 valence electrons. The fourth-order valence-electron chi connectivity index (χ4n) is 2.50. The van der Waals surface area contributed by atoms with Gasteiger partial charge in [-0.05, 0) is 25.2 Å². The average Bonchev–Trinajstić information content (AvgIpc) is 2.59. The minimum absolute atomic E-state index is 0.0656. The number of rotatable bonds is 12. The van der Waals surface area contributed by atoms with E-state index >= 15 is 0 Å². The van der Waals surface area contributed by atoms with Gasteiger partial charge in [0.1, 0.15) is 18.1 Å². The van der Waals surface area contributed by atoms with Crippen molar-refractivity contribution in [3.8, 4) is 0 Å². The summed E-state index contributed by atoms with van der Waals surface area (Å²) in [6, 6.07) is -4.48. The number of carboxylic acids is 1.